The van der Waals surface area contributed by atoms with Gasteiger partial charge in [0.1, 0.15) is 12.0 Å². The second-order valence-corrected chi connectivity index (χ2v) is 6.72. The lowest BCUT2D eigenvalue weighted by atomic mass is 9.68. The lowest BCUT2D eigenvalue weighted by Crippen LogP contribution is -2.47. The largest absolute Gasteiger partial charge is 0.497 e. The van der Waals surface area contributed by atoms with Crippen LogP contribution in [0.2, 0.25) is 0 Å². The second kappa shape index (κ2) is 5.08. The standard InChI is InChI=1S/C20H19NO3/c1-23-12-6-7-14-13-4-2-3-5-15(13)19-17(16(14)10-12)11-18-21(20(19)22)8-9-24-18/h2-7,10,17-19H,8-9,11H2,1H3/t17-,18-,19+/m1/s1. The van der Waals surface area contributed by atoms with E-state index in [0.29, 0.717) is 13.2 Å². The highest BCUT2D eigenvalue weighted by atomic mass is 16.5. The average molecular weight is 321 g/mol. The lowest BCUT2D eigenvalue weighted by Gasteiger charge is -2.43. The van der Waals surface area contributed by atoms with Gasteiger partial charge in [-0.2, -0.15) is 0 Å². The third-order valence-electron chi connectivity index (χ3n) is 5.64. The van der Waals surface area contributed by atoms with Crippen LogP contribution in [0.5, 0.6) is 5.75 Å². The third kappa shape index (κ3) is 1.80. The van der Waals surface area contributed by atoms with E-state index in [4.69, 9.17) is 9.47 Å². The van der Waals surface area contributed by atoms with E-state index < -0.39 is 0 Å². The van der Waals surface area contributed by atoms with Crippen molar-refractivity contribution < 1.29 is 14.3 Å². The van der Waals surface area contributed by atoms with Crippen molar-refractivity contribution in [3.63, 3.8) is 0 Å². The number of methoxy groups -OCH3 is 1. The number of amides is 1. The van der Waals surface area contributed by atoms with E-state index >= 15 is 0 Å². The second-order valence-electron chi connectivity index (χ2n) is 6.72. The number of carbonyl (C=O) groups excluding carboxylic acids is 1. The lowest BCUT2D eigenvalue weighted by molar-refractivity contribution is -0.143. The number of hydrogen-bond acceptors (Lipinski definition) is 3. The molecule has 4 nitrogen and oxygen atoms in total. The summed E-state index contributed by atoms with van der Waals surface area (Å²) < 4.78 is 11.2. The number of benzene rings is 2. The molecule has 3 atom stereocenters. The first kappa shape index (κ1) is 14.1. The highest BCUT2D eigenvalue weighted by molar-refractivity contribution is 5.92. The summed E-state index contributed by atoms with van der Waals surface area (Å²) in [6.45, 7) is 1.35. The molecule has 3 aliphatic rings. The van der Waals surface area contributed by atoms with Gasteiger partial charge in [-0.05, 0) is 34.4 Å². The summed E-state index contributed by atoms with van der Waals surface area (Å²) in [5, 5.41) is 0. The molecule has 2 heterocycles. The molecular weight excluding hydrogens is 302 g/mol. The van der Waals surface area contributed by atoms with Gasteiger partial charge in [0.15, 0.2) is 0 Å². The maximum absolute atomic E-state index is 13.2. The van der Waals surface area contributed by atoms with E-state index in [1.165, 1.54) is 16.7 Å². The summed E-state index contributed by atoms with van der Waals surface area (Å²) in [7, 11) is 1.68. The van der Waals surface area contributed by atoms with Crippen LogP contribution in [0.3, 0.4) is 0 Å². The zero-order valence-electron chi connectivity index (χ0n) is 13.6. The fourth-order valence-corrected chi connectivity index (χ4v) is 4.56. The minimum atomic E-state index is -0.112. The quantitative estimate of drug-likeness (QED) is 0.810. The predicted molar refractivity (Wildman–Crippen MR) is 90.0 cm³/mol. The van der Waals surface area contributed by atoms with Crippen LogP contribution in [-0.4, -0.2) is 37.3 Å². The van der Waals surface area contributed by atoms with Crippen LogP contribution in [-0.2, 0) is 9.53 Å². The van der Waals surface area contributed by atoms with Gasteiger partial charge in [-0.25, -0.2) is 0 Å². The zero-order valence-corrected chi connectivity index (χ0v) is 13.6. The normalized spacial score (nSPS) is 27.1. The molecule has 0 radical (unpaired) electrons. The predicted octanol–water partition coefficient (Wildman–Crippen LogP) is 3.13. The molecule has 2 saturated heterocycles. The van der Waals surface area contributed by atoms with E-state index in [9.17, 15) is 4.79 Å². The van der Waals surface area contributed by atoms with Gasteiger partial charge in [-0.1, -0.05) is 30.3 Å². The van der Waals surface area contributed by atoms with E-state index in [0.717, 1.165) is 17.7 Å². The molecule has 24 heavy (non-hydrogen) atoms. The molecule has 2 aromatic rings. The number of carbonyl (C=O) groups is 1. The van der Waals surface area contributed by atoms with Gasteiger partial charge in [0.2, 0.25) is 5.91 Å². The minimum Gasteiger partial charge on any atom is -0.497 e. The van der Waals surface area contributed by atoms with Crippen LogP contribution in [0.1, 0.15) is 29.4 Å². The molecule has 4 heteroatoms. The van der Waals surface area contributed by atoms with Gasteiger partial charge in [0, 0.05) is 18.9 Å². The van der Waals surface area contributed by atoms with Gasteiger partial charge in [0.05, 0.1) is 19.6 Å². The Hall–Kier alpha value is -2.33. The molecule has 0 N–H and O–H groups in total. The van der Waals surface area contributed by atoms with E-state index in [-0.39, 0.29) is 24.0 Å². The Bertz CT molecular complexity index is 831. The van der Waals surface area contributed by atoms with Crippen molar-refractivity contribution in [1.82, 2.24) is 4.90 Å². The Morgan fingerprint density at radius 3 is 2.83 bits per heavy atom. The first-order valence-corrected chi connectivity index (χ1v) is 8.47. The van der Waals surface area contributed by atoms with Crippen molar-refractivity contribution in [2.45, 2.75) is 24.5 Å². The van der Waals surface area contributed by atoms with Gasteiger partial charge < -0.3 is 14.4 Å². The molecule has 5 rings (SSSR count). The molecule has 0 unspecified atom stereocenters. The van der Waals surface area contributed by atoms with E-state index in [2.05, 4.69) is 24.3 Å². The molecule has 0 spiro atoms. The highest BCUT2D eigenvalue weighted by Gasteiger charge is 2.48. The SMILES string of the molecule is COc1ccc2c(c1)[C@H]1C[C@H]3OCCN3C(=O)[C@H]1c1ccccc1-2. The topological polar surface area (TPSA) is 38.8 Å². The van der Waals surface area contributed by atoms with Gasteiger partial charge in [-0.3, -0.25) is 4.79 Å². The summed E-state index contributed by atoms with van der Waals surface area (Å²) in [6.07, 6.45) is 0.772. The average Bonchev–Trinajstić information content (AvgIpc) is 3.10. The van der Waals surface area contributed by atoms with Gasteiger partial charge in [-0.15, -0.1) is 0 Å². The first-order valence-electron chi connectivity index (χ1n) is 8.47. The first-order chi connectivity index (χ1) is 11.8. The zero-order chi connectivity index (χ0) is 16.3. The fraction of sp³-hybridized carbons (Fsp3) is 0.350. The third-order valence-corrected chi connectivity index (χ3v) is 5.64. The Balaban J connectivity index is 1.73. The molecule has 122 valence electrons. The van der Waals surface area contributed by atoms with Crippen LogP contribution in [0.4, 0.5) is 0 Å². The molecule has 0 aromatic heterocycles. The summed E-state index contributed by atoms with van der Waals surface area (Å²) in [4.78, 5) is 15.1. The minimum absolute atomic E-state index is 0.0805. The number of hydrogen-bond donors (Lipinski definition) is 0. The molecule has 1 amide bonds. The summed E-state index contributed by atoms with van der Waals surface area (Å²) in [5.74, 6) is 1.08. The Morgan fingerprint density at radius 1 is 1.12 bits per heavy atom. The van der Waals surface area contributed by atoms with Crippen LogP contribution >= 0.6 is 0 Å². The summed E-state index contributed by atoms with van der Waals surface area (Å²) >= 11 is 0. The Morgan fingerprint density at radius 2 is 1.96 bits per heavy atom. The number of nitrogens with zero attached hydrogens (tertiary/aromatic N) is 1. The monoisotopic (exact) mass is 321 g/mol. The maximum Gasteiger partial charge on any atom is 0.232 e. The van der Waals surface area contributed by atoms with Gasteiger partial charge in [0.25, 0.3) is 0 Å². The maximum atomic E-state index is 13.2. The van der Waals surface area contributed by atoms with Crippen LogP contribution in [0.25, 0.3) is 11.1 Å². The molecule has 2 fully saturated rings. The van der Waals surface area contributed by atoms with Crippen LogP contribution in [0, 0.1) is 0 Å². The molecular formula is C20H19NO3. The smallest absolute Gasteiger partial charge is 0.232 e. The fourth-order valence-electron chi connectivity index (χ4n) is 4.56. The molecule has 2 aliphatic heterocycles. The van der Waals surface area contributed by atoms with Gasteiger partial charge >= 0.3 is 0 Å². The number of ether oxygens (including phenoxy) is 2. The van der Waals surface area contributed by atoms with Crippen molar-refractivity contribution in [2.75, 3.05) is 20.3 Å². The van der Waals surface area contributed by atoms with E-state index in [1.807, 2.05) is 23.1 Å². The van der Waals surface area contributed by atoms with Crippen LogP contribution in [0.15, 0.2) is 42.5 Å². The van der Waals surface area contributed by atoms with Crippen molar-refractivity contribution in [3.05, 3.63) is 53.6 Å². The Labute approximate surface area is 141 Å². The molecule has 2 aromatic carbocycles. The number of fused-ring (bicyclic) bond motifs is 7. The molecule has 0 bridgehead atoms. The van der Waals surface area contributed by atoms with Crippen molar-refractivity contribution >= 4 is 5.91 Å². The van der Waals surface area contributed by atoms with Crippen molar-refractivity contribution in [2.24, 2.45) is 0 Å². The highest BCUT2D eigenvalue weighted by Crippen LogP contribution is 2.53. The molecule has 1 aliphatic carbocycles. The van der Waals surface area contributed by atoms with Crippen molar-refractivity contribution in [3.8, 4) is 16.9 Å². The molecule has 0 saturated carbocycles. The van der Waals surface area contributed by atoms with Crippen molar-refractivity contribution in [1.29, 1.82) is 0 Å². The van der Waals surface area contributed by atoms with Crippen LogP contribution < -0.4 is 4.74 Å². The summed E-state index contributed by atoms with van der Waals surface area (Å²) in [5.41, 5.74) is 4.74. The number of rotatable bonds is 1. The number of piperidine rings is 1. The summed E-state index contributed by atoms with van der Waals surface area (Å²) in [6, 6.07) is 14.5. The Kier molecular flexibility index (Phi) is 2.98. The van der Waals surface area contributed by atoms with E-state index in [1.54, 1.807) is 7.11 Å².